The molecule has 2 N–H and O–H groups in total. The molecule has 0 saturated carbocycles. The number of benzene rings is 2. The smallest absolute Gasteiger partial charge is 0.236 e. The summed E-state index contributed by atoms with van der Waals surface area (Å²) in [4.78, 5) is 17.5. The Morgan fingerprint density at radius 2 is 1.69 bits per heavy atom. The van der Waals surface area contributed by atoms with Gasteiger partial charge in [-0.05, 0) is 36.1 Å². The van der Waals surface area contributed by atoms with Crippen molar-refractivity contribution in [3.05, 3.63) is 90.1 Å². The van der Waals surface area contributed by atoms with E-state index in [4.69, 9.17) is 4.74 Å². The average Bonchev–Trinajstić information content (AvgIpc) is 3.29. The molecule has 1 fully saturated rings. The topological polar surface area (TPSA) is 63.2 Å². The Morgan fingerprint density at radius 1 is 1.00 bits per heavy atom. The molecule has 1 saturated heterocycles. The van der Waals surface area contributed by atoms with Gasteiger partial charge in [0.1, 0.15) is 5.82 Å². The third-order valence-corrected chi connectivity index (χ3v) is 5.09. The van der Waals surface area contributed by atoms with Crippen molar-refractivity contribution in [2.24, 2.45) is 0 Å². The molecule has 0 radical (unpaired) electrons. The second kappa shape index (κ2) is 9.34. The highest BCUT2D eigenvalue weighted by atomic mass is 16.5. The van der Waals surface area contributed by atoms with E-state index in [-0.39, 0.29) is 17.9 Å². The highest BCUT2D eigenvalue weighted by Gasteiger charge is 2.22. The summed E-state index contributed by atoms with van der Waals surface area (Å²) in [5.41, 5.74) is 2.59. The van der Waals surface area contributed by atoms with Crippen LogP contribution in [-0.4, -0.2) is 30.1 Å². The molecule has 0 aliphatic carbocycles. The largest absolute Gasteiger partial charge is 0.376 e. The van der Waals surface area contributed by atoms with Crippen LogP contribution in [0.2, 0.25) is 0 Å². The molecule has 1 atom stereocenters. The number of pyridine rings is 1. The fourth-order valence-corrected chi connectivity index (χ4v) is 3.60. The van der Waals surface area contributed by atoms with Crippen LogP contribution in [-0.2, 0) is 9.53 Å². The van der Waals surface area contributed by atoms with Gasteiger partial charge in [-0.1, -0.05) is 60.7 Å². The van der Waals surface area contributed by atoms with Gasteiger partial charge in [-0.2, -0.15) is 0 Å². The number of hydrogen-bond acceptors (Lipinski definition) is 4. The SMILES string of the molecule is O=C(Nc1ccc(NCC2CCCO2)nc1)C(c1ccccc1)c1ccccc1. The number of anilines is 2. The fourth-order valence-electron chi connectivity index (χ4n) is 3.60. The summed E-state index contributed by atoms with van der Waals surface area (Å²) in [6, 6.07) is 23.4. The van der Waals surface area contributed by atoms with Crippen LogP contribution >= 0.6 is 0 Å². The van der Waals surface area contributed by atoms with Gasteiger partial charge >= 0.3 is 0 Å². The van der Waals surface area contributed by atoms with E-state index < -0.39 is 0 Å². The molecule has 2 aromatic carbocycles. The molecule has 4 rings (SSSR count). The van der Waals surface area contributed by atoms with Gasteiger partial charge in [0.2, 0.25) is 5.91 Å². The van der Waals surface area contributed by atoms with Crippen LogP contribution in [0.5, 0.6) is 0 Å². The van der Waals surface area contributed by atoms with Crippen LogP contribution in [0.3, 0.4) is 0 Å². The van der Waals surface area contributed by atoms with E-state index in [1.54, 1.807) is 6.20 Å². The summed E-state index contributed by atoms with van der Waals surface area (Å²) >= 11 is 0. The zero-order chi connectivity index (χ0) is 19.9. The van der Waals surface area contributed by atoms with Crippen molar-refractivity contribution < 1.29 is 9.53 Å². The molecule has 148 valence electrons. The van der Waals surface area contributed by atoms with Gasteiger partial charge in [0.15, 0.2) is 0 Å². The molecule has 29 heavy (non-hydrogen) atoms. The maximum atomic E-state index is 13.1. The molecule has 0 spiro atoms. The zero-order valence-electron chi connectivity index (χ0n) is 16.3. The number of nitrogens with zero attached hydrogens (tertiary/aromatic N) is 1. The van der Waals surface area contributed by atoms with E-state index in [1.807, 2.05) is 72.8 Å². The molecule has 1 aliphatic rings. The number of amides is 1. The number of carbonyl (C=O) groups is 1. The zero-order valence-corrected chi connectivity index (χ0v) is 16.3. The van der Waals surface area contributed by atoms with Crippen LogP contribution in [0.25, 0.3) is 0 Å². The number of aromatic nitrogens is 1. The Morgan fingerprint density at radius 3 is 2.24 bits per heavy atom. The third-order valence-electron chi connectivity index (χ3n) is 5.09. The van der Waals surface area contributed by atoms with E-state index in [0.717, 1.165) is 42.9 Å². The van der Waals surface area contributed by atoms with E-state index >= 15 is 0 Å². The molecule has 1 aromatic heterocycles. The fraction of sp³-hybridized carbons (Fsp3) is 0.250. The standard InChI is InChI=1S/C24H25N3O2/c28-24(23(18-8-3-1-4-9-18)19-10-5-2-6-11-19)27-20-13-14-22(25-16-20)26-17-21-12-7-15-29-21/h1-6,8-11,13-14,16,21,23H,7,12,15,17H2,(H,25,26)(H,27,28). The molecule has 3 aromatic rings. The van der Waals surface area contributed by atoms with Gasteiger partial charge < -0.3 is 15.4 Å². The van der Waals surface area contributed by atoms with Crippen LogP contribution in [0.4, 0.5) is 11.5 Å². The van der Waals surface area contributed by atoms with Crippen LogP contribution < -0.4 is 10.6 Å². The summed E-state index contributed by atoms with van der Waals surface area (Å²) in [5, 5.41) is 6.30. The Labute approximate surface area is 171 Å². The average molecular weight is 387 g/mol. The lowest BCUT2D eigenvalue weighted by atomic mass is 9.90. The predicted octanol–water partition coefficient (Wildman–Crippen LogP) is 4.44. The molecular formula is C24H25N3O2. The minimum atomic E-state index is -0.380. The van der Waals surface area contributed by atoms with Gasteiger partial charge in [-0.25, -0.2) is 4.98 Å². The van der Waals surface area contributed by atoms with Gasteiger partial charge in [0.05, 0.1) is 23.9 Å². The molecular weight excluding hydrogens is 362 g/mol. The molecule has 2 heterocycles. The summed E-state index contributed by atoms with van der Waals surface area (Å²) < 4.78 is 5.61. The summed E-state index contributed by atoms with van der Waals surface area (Å²) in [5.74, 6) is 0.320. The maximum Gasteiger partial charge on any atom is 0.236 e. The predicted molar refractivity (Wildman–Crippen MR) is 115 cm³/mol. The van der Waals surface area contributed by atoms with Crippen molar-refractivity contribution >= 4 is 17.4 Å². The van der Waals surface area contributed by atoms with Gasteiger partial charge in [0, 0.05) is 13.2 Å². The van der Waals surface area contributed by atoms with Crippen molar-refractivity contribution in [3.8, 4) is 0 Å². The molecule has 1 unspecified atom stereocenters. The number of nitrogens with one attached hydrogen (secondary N) is 2. The van der Waals surface area contributed by atoms with E-state index in [1.165, 1.54) is 0 Å². The van der Waals surface area contributed by atoms with Crippen LogP contribution in [0.1, 0.15) is 29.9 Å². The van der Waals surface area contributed by atoms with Crippen molar-refractivity contribution in [1.29, 1.82) is 0 Å². The second-order valence-corrected chi connectivity index (χ2v) is 7.19. The number of ether oxygens (including phenoxy) is 1. The summed E-state index contributed by atoms with van der Waals surface area (Å²) in [6.07, 6.45) is 4.15. The second-order valence-electron chi connectivity index (χ2n) is 7.19. The number of rotatable bonds is 7. The van der Waals surface area contributed by atoms with Crippen molar-refractivity contribution in [3.63, 3.8) is 0 Å². The Bertz CT molecular complexity index is 868. The molecule has 5 heteroatoms. The third kappa shape index (κ3) is 5.00. The van der Waals surface area contributed by atoms with E-state index in [0.29, 0.717) is 5.69 Å². The quantitative estimate of drug-likeness (QED) is 0.629. The number of hydrogen-bond donors (Lipinski definition) is 2. The molecule has 5 nitrogen and oxygen atoms in total. The maximum absolute atomic E-state index is 13.1. The first kappa shape index (κ1) is 19.2. The van der Waals surface area contributed by atoms with Crippen molar-refractivity contribution in [1.82, 2.24) is 4.98 Å². The lowest BCUT2D eigenvalue weighted by Gasteiger charge is -2.18. The minimum Gasteiger partial charge on any atom is -0.376 e. The Balaban J connectivity index is 1.44. The van der Waals surface area contributed by atoms with Crippen molar-refractivity contribution in [2.75, 3.05) is 23.8 Å². The normalized spacial score (nSPS) is 16.0. The van der Waals surface area contributed by atoms with Gasteiger partial charge in [-0.3, -0.25) is 4.79 Å². The first-order valence-electron chi connectivity index (χ1n) is 10.0. The van der Waals surface area contributed by atoms with E-state index in [9.17, 15) is 4.79 Å². The van der Waals surface area contributed by atoms with Crippen molar-refractivity contribution in [2.45, 2.75) is 24.9 Å². The summed E-state index contributed by atoms with van der Waals surface area (Å²) in [6.45, 7) is 1.59. The Kier molecular flexibility index (Phi) is 6.17. The molecule has 1 amide bonds. The van der Waals surface area contributed by atoms with Gasteiger partial charge in [0.25, 0.3) is 0 Å². The summed E-state index contributed by atoms with van der Waals surface area (Å²) in [7, 11) is 0. The monoisotopic (exact) mass is 387 g/mol. The Hall–Kier alpha value is -3.18. The molecule has 0 bridgehead atoms. The molecule has 1 aliphatic heterocycles. The minimum absolute atomic E-state index is 0.0794. The number of carbonyl (C=O) groups excluding carboxylic acids is 1. The first-order valence-corrected chi connectivity index (χ1v) is 10.0. The van der Waals surface area contributed by atoms with Gasteiger partial charge in [-0.15, -0.1) is 0 Å². The first-order chi connectivity index (χ1) is 14.3. The van der Waals surface area contributed by atoms with Crippen LogP contribution in [0.15, 0.2) is 79.0 Å². The highest BCUT2D eigenvalue weighted by molar-refractivity contribution is 5.98. The highest BCUT2D eigenvalue weighted by Crippen LogP contribution is 2.26. The lowest BCUT2D eigenvalue weighted by Crippen LogP contribution is -2.22. The van der Waals surface area contributed by atoms with E-state index in [2.05, 4.69) is 15.6 Å². The lowest BCUT2D eigenvalue weighted by molar-refractivity contribution is -0.116. The van der Waals surface area contributed by atoms with Crippen LogP contribution in [0, 0.1) is 0 Å².